The zero-order chi connectivity index (χ0) is 11.3. The van der Waals surface area contributed by atoms with Gasteiger partial charge < -0.3 is 14.3 Å². The summed E-state index contributed by atoms with van der Waals surface area (Å²) >= 11 is 0. The van der Waals surface area contributed by atoms with E-state index in [-0.39, 0.29) is 18.3 Å². The predicted molar refractivity (Wildman–Crippen MR) is 55.4 cm³/mol. The summed E-state index contributed by atoms with van der Waals surface area (Å²) in [5.41, 5.74) is 0.179. The molecule has 0 amide bonds. The van der Waals surface area contributed by atoms with Crippen molar-refractivity contribution in [1.29, 1.82) is 0 Å². The van der Waals surface area contributed by atoms with Crippen LogP contribution < -0.4 is 0 Å². The number of ether oxygens (including phenoxy) is 1. The lowest BCUT2D eigenvalue weighted by Gasteiger charge is -2.07. The molecule has 4 nitrogen and oxygen atoms in total. The highest BCUT2D eigenvalue weighted by molar-refractivity contribution is 5.92. The van der Waals surface area contributed by atoms with Gasteiger partial charge in [0, 0.05) is 0 Å². The fourth-order valence-electron chi connectivity index (χ4n) is 0.967. The highest BCUT2D eigenvalue weighted by Crippen LogP contribution is 2.08. The third kappa shape index (κ3) is 3.99. The first-order valence-electron chi connectivity index (χ1n) is 4.68. The topological polar surface area (TPSA) is 59.7 Å². The monoisotopic (exact) mass is 210 g/mol. The third-order valence-electron chi connectivity index (χ3n) is 1.71. The lowest BCUT2D eigenvalue weighted by atomic mass is 10.2. The lowest BCUT2D eigenvalue weighted by molar-refractivity contribution is -0.133. The molecule has 82 valence electrons. The third-order valence-corrected chi connectivity index (χ3v) is 1.71. The molecule has 0 spiro atoms. The van der Waals surface area contributed by atoms with Crippen molar-refractivity contribution in [2.45, 2.75) is 20.0 Å². The van der Waals surface area contributed by atoms with E-state index in [4.69, 9.17) is 14.3 Å². The van der Waals surface area contributed by atoms with Gasteiger partial charge in [-0.15, -0.1) is 0 Å². The van der Waals surface area contributed by atoms with Crippen LogP contribution in [0.25, 0.3) is 6.08 Å². The van der Waals surface area contributed by atoms with Crippen molar-refractivity contribution in [1.82, 2.24) is 0 Å². The molecular weight excluding hydrogens is 196 g/mol. The molecule has 1 aromatic rings. The number of aliphatic carboxylic acids is 1. The van der Waals surface area contributed by atoms with Gasteiger partial charge in [-0.1, -0.05) is 0 Å². The SMILES string of the molecule is CC(C)OC/C(=C\c1ccco1)C(=O)O. The number of carboxylic acids is 1. The molecular formula is C11H14O4. The summed E-state index contributed by atoms with van der Waals surface area (Å²) in [5, 5.41) is 8.90. The number of carbonyl (C=O) groups is 1. The summed E-state index contributed by atoms with van der Waals surface area (Å²) < 4.78 is 10.2. The van der Waals surface area contributed by atoms with Crippen LogP contribution in [0.3, 0.4) is 0 Å². The Kier molecular flexibility index (Phi) is 4.12. The fourth-order valence-corrected chi connectivity index (χ4v) is 0.967. The molecule has 1 heterocycles. The first-order chi connectivity index (χ1) is 7.09. The summed E-state index contributed by atoms with van der Waals surface area (Å²) in [6, 6.07) is 3.40. The molecule has 0 saturated carbocycles. The standard InChI is InChI=1S/C11H14O4/c1-8(2)15-7-9(11(12)13)6-10-4-3-5-14-10/h3-6,8H,7H2,1-2H3,(H,12,13)/b9-6+. The molecule has 0 bridgehead atoms. The summed E-state index contributed by atoms with van der Waals surface area (Å²) in [6.45, 7) is 3.78. The molecule has 4 heteroatoms. The number of furan rings is 1. The van der Waals surface area contributed by atoms with Gasteiger partial charge in [0.25, 0.3) is 0 Å². The number of hydrogen-bond acceptors (Lipinski definition) is 3. The minimum Gasteiger partial charge on any atom is -0.478 e. The highest BCUT2D eigenvalue weighted by atomic mass is 16.5. The first kappa shape index (κ1) is 11.5. The Balaban J connectivity index is 2.70. The Morgan fingerprint density at radius 1 is 1.67 bits per heavy atom. The van der Waals surface area contributed by atoms with Gasteiger partial charge in [0.2, 0.25) is 0 Å². The van der Waals surface area contributed by atoms with Crippen LogP contribution in [0, 0.1) is 0 Å². The van der Waals surface area contributed by atoms with Gasteiger partial charge in [-0.25, -0.2) is 4.79 Å². The summed E-state index contributed by atoms with van der Waals surface area (Å²) in [5.74, 6) is -0.480. The molecule has 0 aromatic carbocycles. The van der Waals surface area contributed by atoms with Crippen LogP contribution in [-0.2, 0) is 9.53 Å². The lowest BCUT2D eigenvalue weighted by Crippen LogP contribution is -2.11. The predicted octanol–water partition coefficient (Wildman–Crippen LogP) is 2.17. The van der Waals surface area contributed by atoms with Crippen molar-refractivity contribution in [3.05, 3.63) is 29.7 Å². The van der Waals surface area contributed by atoms with Gasteiger partial charge in [0.05, 0.1) is 24.5 Å². The molecule has 0 aliphatic carbocycles. The minimum atomic E-state index is -0.993. The van der Waals surface area contributed by atoms with Crippen molar-refractivity contribution >= 4 is 12.0 Å². The van der Waals surface area contributed by atoms with E-state index in [2.05, 4.69) is 0 Å². The van der Waals surface area contributed by atoms with E-state index in [9.17, 15) is 4.79 Å². The Morgan fingerprint density at radius 2 is 2.40 bits per heavy atom. The van der Waals surface area contributed by atoms with Gasteiger partial charge in [0.15, 0.2) is 0 Å². The Labute approximate surface area is 88.2 Å². The van der Waals surface area contributed by atoms with Crippen LogP contribution in [0.15, 0.2) is 28.4 Å². The number of hydrogen-bond donors (Lipinski definition) is 1. The molecule has 15 heavy (non-hydrogen) atoms. The van der Waals surface area contributed by atoms with Crippen LogP contribution >= 0.6 is 0 Å². The molecule has 1 rings (SSSR count). The second-order valence-electron chi connectivity index (χ2n) is 3.35. The molecule has 0 unspecified atom stereocenters. The van der Waals surface area contributed by atoms with Crippen molar-refractivity contribution in [2.24, 2.45) is 0 Å². The van der Waals surface area contributed by atoms with E-state index < -0.39 is 5.97 Å². The number of carboxylic acid groups (broad SMARTS) is 1. The van der Waals surface area contributed by atoms with E-state index >= 15 is 0 Å². The second-order valence-corrected chi connectivity index (χ2v) is 3.35. The van der Waals surface area contributed by atoms with Crippen molar-refractivity contribution in [2.75, 3.05) is 6.61 Å². The summed E-state index contributed by atoms with van der Waals surface area (Å²) in [4.78, 5) is 10.8. The molecule has 0 radical (unpaired) electrons. The molecule has 0 saturated heterocycles. The Hall–Kier alpha value is -1.55. The average Bonchev–Trinajstić information content (AvgIpc) is 2.63. The maximum atomic E-state index is 10.8. The molecule has 0 fully saturated rings. The molecule has 0 aliphatic heterocycles. The second kappa shape index (κ2) is 5.36. The minimum absolute atomic E-state index is 0.00403. The normalized spacial score (nSPS) is 12.1. The van der Waals surface area contributed by atoms with Crippen molar-refractivity contribution in [3.63, 3.8) is 0 Å². The van der Waals surface area contributed by atoms with E-state index in [1.54, 1.807) is 12.1 Å². The molecule has 1 N–H and O–H groups in total. The van der Waals surface area contributed by atoms with Crippen LogP contribution in [0.5, 0.6) is 0 Å². The van der Waals surface area contributed by atoms with Crippen LogP contribution in [0.4, 0.5) is 0 Å². The summed E-state index contributed by atoms with van der Waals surface area (Å²) in [7, 11) is 0. The summed E-state index contributed by atoms with van der Waals surface area (Å²) in [6.07, 6.45) is 2.96. The zero-order valence-electron chi connectivity index (χ0n) is 8.77. The Bertz CT molecular complexity index is 335. The van der Waals surface area contributed by atoms with E-state index in [1.165, 1.54) is 12.3 Å². The van der Waals surface area contributed by atoms with Gasteiger partial charge >= 0.3 is 5.97 Å². The molecule has 0 atom stereocenters. The Morgan fingerprint density at radius 3 is 2.87 bits per heavy atom. The maximum absolute atomic E-state index is 10.8. The van der Waals surface area contributed by atoms with E-state index in [1.807, 2.05) is 13.8 Å². The van der Waals surface area contributed by atoms with Crippen LogP contribution in [0.2, 0.25) is 0 Å². The van der Waals surface area contributed by atoms with Crippen LogP contribution in [0.1, 0.15) is 19.6 Å². The van der Waals surface area contributed by atoms with E-state index in [0.717, 1.165) is 0 Å². The van der Waals surface area contributed by atoms with Gasteiger partial charge in [-0.05, 0) is 32.1 Å². The zero-order valence-corrected chi connectivity index (χ0v) is 8.77. The quantitative estimate of drug-likeness (QED) is 0.756. The maximum Gasteiger partial charge on any atom is 0.334 e. The molecule has 1 aromatic heterocycles. The highest BCUT2D eigenvalue weighted by Gasteiger charge is 2.09. The molecule has 0 aliphatic rings. The van der Waals surface area contributed by atoms with E-state index in [0.29, 0.717) is 5.76 Å². The van der Waals surface area contributed by atoms with Gasteiger partial charge in [-0.3, -0.25) is 0 Å². The largest absolute Gasteiger partial charge is 0.478 e. The first-order valence-corrected chi connectivity index (χ1v) is 4.68. The average molecular weight is 210 g/mol. The smallest absolute Gasteiger partial charge is 0.334 e. The number of rotatable bonds is 5. The van der Waals surface area contributed by atoms with Crippen molar-refractivity contribution in [3.8, 4) is 0 Å². The fraction of sp³-hybridized carbons (Fsp3) is 0.364. The van der Waals surface area contributed by atoms with Crippen LogP contribution in [-0.4, -0.2) is 23.8 Å². The van der Waals surface area contributed by atoms with Crippen molar-refractivity contribution < 1.29 is 19.1 Å². The van der Waals surface area contributed by atoms with Gasteiger partial charge in [-0.2, -0.15) is 0 Å². The van der Waals surface area contributed by atoms with Gasteiger partial charge in [0.1, 0.15) is 5.76 Å².